The number of rotatable bonds is 1. The lowest BCUT2D eigenvalue weighted by Crippen LogP contribution is -2.44. The normalized spacial score (nSPS) is 24.5. The highest BCUT2D eigenvalue weighted by Crippen LogP contribution is 2.32. The molecule has 150 valence electrons. The molecule has 0 unspecified atom stereocenters. The molecular weight excluding hydrogens is 373 g/mol. The van der Waals surface area contributed by atoms with Gasteiger partial charge in [0.15, 0.2) is 5.82 Å². The molecule has 3 aliphatic heterocycles. The third kappa shape index (κ3) is 2.81. The van der Waals surface area contributed by atoms with Crippen molar-refractivity contribution in [3.8, 4) is 5.82 Å². The van der Waals surface area contributed by atoms with Gasteiger partial charge in [0.05, 0.1) is 17.5 Å². The predicted molar refractivity (Wildman–Crippen MR) is 93.3 cm³/mol. The SMILES string of the molecule is O=C(N1CCN2CCC1CC2)n1nc(-n2cc(C(F)(F)F)cn2)c2c1CCC2. The second-order valence-electron chi connectivity index (χ2n) is 7.73. The van der Waals surface area contributed by atoms with Crippen molar-refractivity contribution in [3.05, 3.63) is 29.2 Å². The molecule has 6 rings (SSSR count). The van der Waals surface area contributed by atoms with Gasteiger partial charge in [-0.1, -0.05) is 0 Å². The van der Waals surface area contributed by atoms with Crippen molar-refractivity contribution in [1.29, 1.82) is 0 Å². The molecule has 28 heavy (non-hydrogen) atoms. The van der Waals surface area contributed by atoms with Gasteiger partial charge in [-0.15, -0.1) is 5.10 Å². The molecule has 1 amide bonds. The Bertz CT molecular complexity index is 909. The minimum absolute atomic E-state index is 0.165. The van der Waals surface area contributed by atoms with Crippen LogP contribution in [0.2, 0.25) is 0 Å². The highest BCUT2D eigenvalue weighted by atomic mass is 19.4. The third-order valence-electron chi connectivity index (χ3n) is 6.12. The maximum atomic E-state index is 13.3. The molecule has 2 aromatic heterocycles. The van der Waals surface area contributed by atoms with Crippen LogP contribution >= 0.6 is 0 Å². The Morgan fingerprint density at radius 1 is 1.11 bits per heavy atom. The van der Waals surface area contributed by atoms with Gasteiger partial charge in [0.1, 0.15) is 0 Å². The highest BCUT2D eigenvalue weighted by molar-refractivity contribution is 5.78. The largest absolute Gasteiger partial charge is 0.419 e. The summed E-state index contributed by atoms with van der Waals surface area (Å²) in [5.74, 6) is 0.333. The molecule has 0 radical (unpaired) electrons. The predicted octanol–water partition coefficient (Wildman–Crippen LogP) is 2.32. The summed E-state index contributed by atoms with van der Waals surface area (Å²) in [4.78, 5) is 17.6. The van der Waals surface area contributed by atoms with E-state index < -0.39 is 11.7 Å². The van der Waals surface area contributed by atoms with E-state index in [1.165, 1.54) is 4.68 Å². The summed E-state index contributed by atoms with van der Waals surface area (Å²) < 4.78 is 41.4. The van der Waals surface area contributed by atoms with E-state index in [0.29, 0.717) is 25.2 Å². The van der Waals surface area contributed by atoms with Gasteiger partial charge >= 0.3 is 12.2 Å². The van der Waals surface area contributed by atoms with Crippen LogP contribution in [0.4, 0.5) is 18.0 Å². The Morgan fingerprint density at radius 3 is 2.61 bits per heavy atom. The Hall–Kier alpha value is -2.36. The maximum absolute atomic E-state index is 13.3. The van der Waals surface area contributed by atoms with E-state index >= 15 is 0 Å². The average Bonchev–Trinajstić information content (AvgIpc) is 3.33. The lowest BCUT2D eigenvalue weighted by molar-refractivity contribution is -0.137. The molecule has 0 atom stereocenters. The quantitative estimate of drug-likeness (QED) is 0.745. The standard InChI is InChI=1S/C18H21F3N6O/c19-18(20,21)12-10-22-26(11-12)16-14-2-1-3-15(14)27(23-16)17(28)25-9-8-24-6-4-13(25)5-7-24/h10-11,13H,1-9H2. The Morgan fingerprint density at radius 2 is 1.89 bits per heavy atom. The number of nitrogens with zero attached hydrogens (tertiary/aromatic N) is 6. The van der Waals surface area contributed by atoms with Gasteiger partial charge in [-0.2, -0.15) is 23.0 Å². The second-order valence-corrected chi connectivity index (χ2v) is 7.73. The van der Waals surface area contributed by atoms with Gasteiger partial charge in [0, 0.05) is 44.0 Å². The molecule has 5 heterocycles. The minimum Gasteiger partial charge on any atom is -0.318 e. The van der Waals surface area contributed by atoms with Crippen LogP contribution in [0.15, 0.2) is 12.4 Å². The summed E-state index contributed by atoms with van der Waals surface area (Å²) in [7, 11) is 0. The van der Waals surface area contributed by atoms with Crippen molar-refractivity contribution in [2.24, 2.45) is 0 Å². The van der Waals surface area contributed by atoms with Crippen molar-refractivity contribution in [1.82, 2.24) is 29.4 Å². The second kappa shape index (κ2) is 6.33. The first-order chi connectivity index (χ1) is 13.4. The van der Waals surface area contributed by atoms with Crippen LogP contribution in [-0.2, 0) is 19.0 Å². The van der Waals surface area contributed by atoms with Gasteiger partial charge in [-0.3, -0.25) is 0 Å². The molecule has 0 saturated carbocycles. The van der Waals surface area contributed by atoms with Crippen LogP contribution in [0.25, 0.3) is 5.82 Å². The first-order valence-corrected chi connectivity index (χ1v) is 9.68. The zero-order valence-electron chi connectivity index (χ0n) is 15.3. The van der Waals surface area contributed by atoms with Gasteiger partial charge in [0.2, 0.25) is 0 Å². The molecule has 7 nitrogen and oxygen atoms in total. The molecule has 0 spiro atoms. The topological polar surface area (TPSA) is 59.2 Å². The molecule has 1 aliphatic carbocycles. The zero-order valence-corrected chi connectivity index (χ0v) is 15.3. The summed E-state index contributed by atoms with van der Waals surface area (Å²) in [6.45, 7) is 3.52. The van der Waals surface area contributed by atoms with E-state index in [2.05, 4.69) is 15.1 Å². The summed E-state index contributed by atoms with van der Waals surface area (Å²) in [6.07, 6.45) is 1.44. The lowest BCUT2D eigenvalue weighted by Gasteiger charge is -2.31. The summed E-state index contributed by atoms with van der Waals surface area (Å²) in [5.41, 5.74) is 0.815. The number of halogens is 3. The van der Waals surface area contributed by atoms with Gasteiger partial charge in [0.25, 0.3) is 0 Å². The molecule has 3 saturated heterocycles. The number of carbonyl (C=O) groups is 1. The van der Waals surface area contributed by atoms with Crippen LogP contribution in [0.1, 0.15) is 36.1 Å². The molecule has 2 aromatic rings. The number of hydrogen-bond acceptors (Lipinski definition) is 4. The van der Waals surface area contributed by atoms with Crippen LogP contribution in [-0.4, -0.2) is 67.6 Å². The monoisotopic (exact) mass is 394 g/mol. The van der Waals surface area contributed by atoms with Crippen LogP contribution in [0.5, 0.6) is 0 Å². The number of fused-ring (bicyclic) bond motifs is 5. The molecule has 3 fully saturated rings. The van der Waals surface area contributed by atoms with E-state index in [1.54, 1.807) is 0 Å². The van der Waals surface area contributed by atoms with Crippen molar-refractivity contribution in [3.63, 3.8) is 0 Å². The zero-order chi connectivity index (χ0) is 19.5. The van der Waals surface area contributed by atoms with Crippen molar-refractivity contribution >= 4 is 6.03 Å². The van der Waals surface area contributed by atoms with Crippen LogP contribution < -0.4 is 0 Å². The Balaban J connectivity index is 1.50. The first-order valence-electron chi connectivity index (χ1n) is 9.68. The molecule has 4 aliphatic rings. The number of alkyl halides is 3. The summed E-state index contributed by atoms with van der Waals surface area (Å²) in [5, 5.41) is 8.29. The number of amides is 1. The Kier molecular flexibility index (Phi) is 4.01. The van der Waals surface area contributed by atoms with Gasteiger partial charge in [-0.05, 0) is 32.1 Å². The van der Waals surface area contributed by atoms with E-state index in [4.69, 9.17) is 0 Å². The summed E-state index contributed by atoms with van der Waals surface area (Å²) in [6, 6.07) is 0.0406. The Labute approximate surface area is 159 Å². The molecule has 0 aromatic carbocycles. The molecule has 10 heteroatoms. The molecule has 0 N–H and O–H groups in total. The fourth-order valence-electron chi connectivity index (χ4n) is 4.61. The number of hydrogen-bond donors (Lipinski definition) is 0. The highest BCUT2D eigenvalue weighted by Gasteiger charge is 2.36. The van der Waals surface area contributed by atoms with Crippen molar-refractivity contribution in [2.45, 2.75) is 44.3 Å². The number of carbonyl (C=O) groups excluding carboxylic acids is 1. The van der Waals surface area contributed by atoms with Crippen LogP contribution in [0, 0.1) is 0 Å². The van der Waals surface area contributed by atoms with Crippen molar-refractivity contribution in [2.75, 3.05) is 26.2 Å². The third-order valence-corrected chi connectivity index (χ3v) is 6.12. The van der Waals surface area contributed by atoms with Gasteiger partial charge < -0.3 is 9.80 Å². The van der Waals surface area contributed by atoms with Crippen molar-refractivity contribution < 1.29 is 18.0 Å². The van der Waals surface area contributed by atoms with E-state index in [0.717, 1.165) is 67.2 Å². The van der Waals surface area contributed by atoms with E-state index in [9.17, 15) is 18.0 Å². The van der Waals surface area contributed by atoms with E-state index in [1.807, 2.05) is 4.90 Å². The molecule has 2 bridgehead atoms. The first kappa shape index (κ1) is 17.7. The summed E-state index contributed by atoms with van der Waals surface area (Å²) >= 11 is 0. The average molecular weight is 394 g/mol. The number of aromatic nitrogens is 4. The molecular formula is C18H21F3N6O. The van der Waals surface area contributed by atoms with Gasteiger partial charge in [-0.25, -0.2) is 9.48 Å². The van der Waals surface area contributed by atoms with E-state index in [-0.39, 0.29) is 12.1 Å². The smallest absolute Gasteiger partial charge is 0.318 e. The fourth-order valence-corrected chi connectivity index (χ4v) is 4.61. The minimum atomic E-state index is -4.46. The van der Waals surface area contributed by atoms with Crippen LogP contribution in [0.3, 0.4) is 0 Å². The fraction of sp³-hybridized carbons (Fsp3) is 0.611. The lowest BCUT2D eigenvalue weighted by atomic mass is 10.1. The number of piperidine rings is 1. The maximum Gasteiger partial charge on any atom is 0.419 e.